The van der Waals surface area contributed by atoms with Crippen molar-refractivity contribution in [2.75, 3.05) is 5.32 Å². The van der Waals surface area contributed by atoms with E-state index < -0.39 is 11.7 Å². The zero-order valence-electron chi connectivity index (χ0n) is 13.9. The highest BCUT2D eigenvalue weighted by molar-refractivity contribution is 5.39. The average Bonchev–Trinajstić information content (AvgIpc) is 2.60. The third-order valence-corrected chi connectivity index (χ3v) is 3.51. The molecule has 0 fully saturated rings. The Morgan fingerprint density at radius 3 is 2.46 bits per heavy atom. The number of ether oxygens (including phenoxy) is 1. The summed E-state index contributed by atoms with van der Waals surface area (Å²) in [7, 11) is 0. The fourth-order valence-electron chi connectivity index (χ4n) is 2.32. The van der Waals surface area contributed by atoms with Crippen LogP contribution in [0.3, 0.4) is 0 Å². The summed E-state index contributed by atoms with van der Waals surface area (Å²) in [4.78, 5) is 8.46. The standard InChI is InChI=1S/C19H16F3N3O/c1-13-10-17(25-18(24-13)26-16-8-3-2-4-9-16)23-12-14-6-5-7-15(11-14)19(20,21)22/h2-11H,12H2,1H3,(H,23,24,25). The van der Waals surface area contributed by atoms with Crippen molar-refractivity contribution in [1.82, 2.24) is 9.97 Å². The maximum absolute atomic E-state index is 12.8. The third-order valence-electron chi connectivity index (χ3n) is 3.51. The Kier molecular flexibility index (Phi) is 5.06. The zero-order chi connectivity index (χ0) is 18.6. The summed E-state index contributed by atoms with van der Waals surface area (Å²) >= 11 is 0. The molecule has 0 aliphatic carbocycles. The van der Waals surface area contributed by atoms with Crippen molar-refractivity contribution in [3.63, 3.8) is 0 Å². The highest BCUT2D eigenvalue weighted by atomic mass is 19.4. The average molecular weight is 359 g/mol. The molecule has 0 atom stereocenters. The second kappa shape index (κ2) is 7.43. The van der Waals surface area contributed by atoms with Gasteiger partial charge < -0.3 is 10.1 Å². The lowest BCUT2D eigenvalue weighted by molar-refractivity contribution is -0.137. The normalized spacial score (nSPS) is 11.2. The van der Waals surface area contributed by atoms with E-state index in [-0.39, 0.29) is 12.6 Å². The molecule has 1 heterocycles. The maximum Gasteiger partial charge on any atom is 0.416 e. The Hall–Kier alpha value is -3.09. The molecule has 0 aliphatic rings. The molecule has 1 N–H and O–H groups in total. The number of para-hydroxylation sites is 1. The Morgan fingerprint density at radius 2 is 1.73 bits per heavy atom. The molecule has 2 aromatic carbocycles. The number of aromatic nitrogens is 2. The van der Waals surface area contributed by atoms with Crippen molar-refractivity contribution < 1.29 is 17.9 Å². The van der Waals surface area contributed by atoms with E-state index in [1.54, 1.807) is 31.2 Å². The monoisotopic (exact) mass is 359 g/mol. The molecule has 7 heteroatoms. The van der Waals surface area contributed by atoms with Crippen LogP contribution in [0.4, 0.5) is 19.0 Å². The van der Waals surface area contributed by atoms with Gasteiger partial charge in [0.1, 0.15) is 11.6 Å². The van der Waals surface area contributed by atoms with E-state index in [1.807, 2.05) is 18.2 Å². The molecular weight excluding hydrogens is 343 g/mol. The van der Waals surface area contributed by atoms with Gasteiger partial charge in [-0.3, -0.25) is 0 Å². The maximum atomic E-state index is 12.8. The van der Waals surface area contributed by atoms with Gasteiger partial charge in [0.15, 0.2) is 0 Å². The van der Waals surface area contributed by atoms with Gasteiger partial charge in [0.2, 0.25) is 0 Å². The fourth-order valence-corrected chi connectivity index (χ4v) is 2.32. The van der Waals surface area contributed by atoms with E-state index >= 15 is 0 Å². The number of nitrogens with zero attached hydrogens (tertiary/aromatic N) is 2. The summed E-state index contributed by atoms with van der Waals surface area (Å²) in [6.45, 7) is 1.99. The van der Waals surface area contributed by atoms with Gasteiger partial charge in [-0.25, -0.2) is 4.98 Å². The van der Waals surface area contributed by atoms with Crippen LogP contribution in [0.2, 0.25) is 0 Å². The number of alkyl halides is 3. The SMILES string of the molecule is Cc1cc(NCc2cccc(C(F)(F)F)c2)nc(Oc2ccccc2)n1. The smallest absolute Gasteiger partial charge is 0.416 e. The molecule has 0 saturated carbocycles. The molecule has 1 aromatic heterocycles. The number of anilines is 1. The van der Waals surface area contributed by atoms with Crippen LogP contribution in [0, 0.1) is 6.92 Å². The molecule has 4 nitrogen and oxygen atoms in total. The second-order valence-corrected chi connectivity index (χ2v) is 5.64. The summed E-state index contributed by atoms with van der Waals surface area (Å²) in [6, 6.07) is 16.1. The predicted molar refractivity (Wildman–Crippen MR) is 92.1 cm³/mol. The van der Waals surface area contributed by atoms with E-state index in [1.165, 1.54) is 6.07 Å². The first-order valence-electron chi connectivity index (χ1n) is 7.89. The summed E-state index contributed by atoms with van der Waals surface area (Å²) in [5, 5.41) is 3.01. The first kappa shape index (κ1) is 17.7. The topological polar surface area (TPSA) is 47.0 Å². The molecule has 0 radical (unpaired) electrons. The number of halogens is 3. The van der Waals surface area contributed by atoms with E-state index in [4.69, 9.17) is 4.74 Å². The summed E-state index contributed by atoms with van der Waals surface area (Å²) in [6.07, 6.45) is -4.36. The van der Waals surface area contributed by atoms with Gasteiger partial charge in [0.25, 0.3) is 0 Å². The van der Waals surface area contributed by atoms with Crippen molar-refractivity contribution in [2.24, 2.45) is 0 Å². The van der Waals surface area contributed by atoms with Crippen molar-refractivity contribution in [3.8, 4) is 11.8 Å². The molecule has 26 heavy (non-hydrogen) atoms. The van der Waals surface area contributed by atoms with E-state index in [0.29, 0.717) is 22.8 Å². The summed E-state index contributed by atoms with van der Waals surface area (Å²) in [5.41, 5.74) is 0.503. The number of hydrogen-bond donors (Lipinski definition) is 1. The molecule has 0 aliphatic heterocycles. The Balaban J connectivity index is 1.72. The van der Waals surface area contributed by atoms with Gasteiger partial charge in [0, 0.05) is 18.3 Å². The number of nitrogens with one attached hydrogen (secondary N) is 1. The summed E-state index contributed by atoms with van der Waals surface area (Å²) < 4.78 is 44.0. The zero-order valence-corrected chi connectivity index (χ0v) is 13.9. The van der Waals surface area contributed by atoms with Gasteiger partial charge in [-0.05, 0) is 36.8 Å². The summed E-state index contributed by atoms with van der Waals surface area (Å²) in [5.74, 6) is 1.07. The lowest BCUT2D eigenvalue weighted by Gasteiger charge is -2.11. The lowest BCUT2D eigenvalue weighted by atomic mass is 10.1. The minimum Gasteiger partial charge on any atom is -0.424 e. The van der Waals surface area contributed by atoms with E-state index in [9.17, 15) is 13.2 Å². The predicted octanol–water partition coefficient (Wildman–Crippen LogP) is 5.21. The van der Waals surface area contributed by atoms with Crippen LogP contribution in [0.25, 0.3) is 0 Å². The molecule has 0 amide bonds. The highest BCUT2D eigenvalue weighted by Gasteiger charge is 2.30. The fraction of sp³-hybridized carbons (Fsp3) is 0.158. The van der Waals surface area contributed by atoms with Crippen LogP contribution < -0.4 is 10.1 Å². The van der Waals surface area contributed by atoms with Crippen LogP contribution in [0.15, 0.2) is 60.7 Å². The third kappa shape index (κ3) is 4.72. The number of aryl methyl sites for hydroxylation is 1. The molecule has 0 spiro atoms. The highest BCUT2D eigenvalue weighted by Crippen LogP contribution is 2.29. The van der Waals surface area contributed by atoms with Crippen molar-refractivity contribution in [2.45, 2.75) is 19.6 Å². The molecule has 0 saturated heterocycles. The van der Waals surface area contributed by atoms with Gasteiger partial charge in [-0.15, -0.1) is 0 Å². The van der Waals surface area contributed by atoms with E-state index in [2.05, 4.69) is 15.3 Å². The molecule has 3 rings (SSSR count). The Bertz CT molecular complexity index is 883. The van der Waals surface area contributed by atoms with Gasteiger partial charge in [-0.1, -0.05) is 30.3 Å². The Labute approximate surface area is 148 Å². The van der Waals surface area contributed by atoms with Crippen molar-refractivity contribution >= 4 is 5.82 Å². The van der Waals surface area contributed by atoms with Crippen LogP contribution in [0.1, 0.15) is 16.8 Å². The number of benzene rings is 2. The van der Waals surface area contributed by atoms with Crippen LogP contribution in [0.5, 0.6) is 11.8 Å². The minimum absolute atomic E-state index is 0.169. The number of hydrogen-bond acceptors (Lipinski definition) is 4. The largest absolute Gasteiger partial charge is 0.424 e. The molecule has 134 valence electrons. The quantitative estimate of drug-likeness (QED) is 0.679. The molecule has 3 aromatic rings. The van der Waals surface area contributed by atoms with Crippen LogP contribution >= 0.6 is 0 Å². The van der Waals surface area contributed by atoms with Crippen LogP contribution in [-0.2, 0) is 12.7 Å². The van der Waals surface area contributed by atoms with Gasteiger partial charge in [-0.2, -0.15) is 18.2 Å². The van der Waals surface area contributed by atoms with Crippen molar-refractivity contribution in [3.05, 3.63) is 77.5 Å². The lowest BCUT2D eigenvalue weighted by Crippen LogP contribution is -2.08. The Morgan fingerprint density at radius 1 is 0.962 bits per heavy atom. The number of rotatable bonds is 5. The van der Waals surface area contributed by atoms with Crippen LogP contribution in [-0.4, -0.2) is 9.97 Å². The van der Waals surface area contributed by atoms with E-state index in [0.717, 1.165) is 12.1 Å². The second-order valence-electron chi connectivity index (χ2n) is 5.64. The first-order valence-corrected chi connectivity index (χ1v) is 7.89. The molecule has 0 unspecified atom stereocenters. The molecule has 0 bridgehead atoms. The van der Waals surface area contributed by atoms with Gasteiger partial charge >= 0.3 is 12.2 Å². The first-order chi connectivity index (χ1) is 12.4. The van der Waals surface area contributed by atoms with Gasteiger partial charge in [0.05, 0.1) is 5.56 Å². The minimum atomic E-state index is -4.36. The molecular formula is C19H16F3N3O. The van der Waals surface area contributed by atoms with Crippen molar-refractivity contribution in [1.29, 1.82) is 0 Å².